The molecule has 13 aromatic rings. The zero-order chi connectivity index (χ0) is 48.8. The van der Waals surface area contributed by atoms with Gasteiger partial charge in [-0.3, -0.25) is 0 Å². The highest BCUT2D eigenvalue weighted by Gasteiger charge is 2.36. The Kier molecular flexibility index (Phi) is 9.78. The molecule has 73 heavy (non-hydrogen) atoms. The van der Waals surface area contributed by atoms with Gasteiger partial charge in [-0.15, -0.1) is 0 Å². The van der Waals surface area contributed by atoms with E-state index < -0.39 is 0 Å². The number of fused-ring (bicyclic) bond motifs is 8. The third kappa shape index (κ3) is 6.80. The van der Waals surface area contributed by atoms with Crippen molar-refractivity contribution in [1.82, 2.24) is 0 Å². The number of rotatable bonds is 8. The molecule has 12 aromatic carbocycles. The van der Waals surface area contributed by atoms with Crippen LogP contribution >= 0.6 is 0 Å². The van der Waals surface area contributed by atoms with Crippen molar-refractivity contribution in [2.24, 2.45) is 0 Å². The average molecular weight is 935 g/mol. The average Bonchev–Trinajstić information content (AvgIpc) is 3.84. The fourth-order valence-corrected chi connectivity index (χ4v) is 12.1. The van der Waals surface area contributed by atoms with E-state index >= 15 is 0 Å². The molecule has 0 spiro atoms. The molecule has 1 aliphatic carbocycles. The maximum Gasteiger partial charge on any atom is 0.159 e. The lowest BCUT2D eigenvalue weighted by Gasteiger charge is -2.38. The van der Waals surface area contributed by atoms with Crippen molar-refractivity contribution in [3.05, 3.63) is 265 Å². The van der Waals surface area contributed by atoms with E-state index in [1.54, 1.807) is 0 Å². The zero-order valence-corrected chi connectivity index (χ0v) is 41.0. The molecule has 0 bridgehead atoms. The summed E-state index contributed by atoms with van der Waals surface area (Å²) in [6.45, 7) is 7.15. The molecule has 1 aliphatic rings. The fourth-order valence-electron chi connectivity index (χ4n) is 12.1. The number of anilines is 6. The number of furan rings is 1. The van der Waals surface area contributed by atoms with Gasteiger partial charge in [0.05, 0.1) is 11.4 Å². The molecule has 0 saturated carbocycles. The number of nitrogens with zero attached hydrogens (tertiary/aromatic N) is 2. The van der Waals surface area contributed by atoms with Crippen molar-refractivity contribution in [2.45, 2.75) is 26.2 Å². The Hall–Kier alpha value is -9.18. The van der Waals surface area contributed by atoms with Gasteiger partial charge in [0.15, 0.2) is 5.58 Å². The Morgan fingerprint density at radius 3 is 1.71 bits per heavy atom. The molecular formula is C70H50N2O. The third-order valence-electron chi connectivity index (χ3n) is 15.6. The second-order valence-corrected chi connectivity index (χ2v) is 20.1. The largest absolute Gasteiger partial charge is 0.454 e. The topological polar surface area (TPSA) is 19.6 Å². The second-order valence-electron chi connectivity index (χ2n) is 20.1. The molecule has 0 unspecified atom stereocenters. The lowest BCUT2D eigenvalue weighted by molar-refractivity contribution is 0.645. The Bertz CT molecular complexity index is 4240. The number of hydrogen-bond acceptors (Lipinski definition) is 3. The molecule has 1 aromatic heterocycles. The molecule has 0 saturated heterocycles. The first kappa shape index (κ1) is 42.7. The number of hydrogen-bond donors (Lipinski definition) is 0. The fraction of sp³-hybridized carbons (Fsp3) is 0.0571. The van der Waals surface area contributed by atoms with Crippen molar-refractivity contribution in [3.63, 3.8) is 0 Å². The van der Waals surface area contributed by atoms with Crippen molar-refractivity contribution in [1.29, 1.82) is 0 Å². The maximum absolute atomic E-state index is 6.79. The quantitative estimate of drug-likeness (QED) is 0.142. The van der Waals surface area contributed by atoms with Crippen molar-refractivity contribution >= 4 is 88.4 Å². The van der Waals surface area contributed by atoms with Crippen LogP contribution in [0.2, 0.25) is 0 Å². The van der Waals surface area contributed by atoms with Crippen LogP contribution in [0.5, 0.6) is 0 Å². The molecule has 0 amide bonds. The first-order valence-corrected chi connectivity index (χ1v) is 25.3. The van der Waals surface area contributed by atoms with Gasteiger partial charge in [-0.05, 0) is 157 Å². The lowest BCUT2D eigenvalue weighted by Crippen LogP contribution is -2.25. The van der Waals surface area contributed by atoms with Gasteiger partial charge in [0.1, 0.15) is 5.58 Å². The molecule has 346 valence electrons. The third-order valence-corrected chi connectivity index (χ3v) is 15.6. The molecule has 3 heteroatoms. The predicted molar refractivity (Wildman–Crippen MR) is 309 cm³/mol. The smallest absolute Gasteiger partial charge is 0.159 e. The van der Waals surface area contributed by atoms with Gasteiger partial charge in [0.25, 0.3) is 0 Å². The van der Waals surface area contributed by atoms with E-state index in [9.17, 15) is 0 Å². The molecule has 1 heterocycles. The summed E-state index contributed by atoms with van der Waals surface area (Å²) < 4.78 is 6.79. The normalized spacial score (nSPS) is 12.7. The molecule has 3 nitrogen and oxygen atoms in total. The van der Waals surface area contributed by atoms with Crippen LogP contribution in [0.4, 0.5) is 34.1 Å². The van der Waals surface area contributed by atoms with E-state index in [2.05, 4.69) is 273 Å². The van der Waals surface area contributed by atoms with Crippen LogP contribution in [0.1, 0.15) is 30.5 Å². The van der Waals surface area contributed by atoms with Gasteiger partial charge in [-0.1, -0.05) is 190 Å². The van der Waals surface area contributed by atoms with Crippen LogP contribution in [0, 0.1) is 6.92 Å². The number of aryl methyl sites for hydroxylation is 1. The summed E-state index contributed by atoms with van der Waals surface area (Å²) in [6.07, 6.45) is 0. The monoisotopic (exact) mass is 934 g/mol. The predicted octanol–water partition coefficient (Wildman–Crippen LogP) is 19.9. The van der Waals surface area contributed by atoms with Gasteiger partial charge in [0, 0.05) is 44.3 Å². The summed E-state index contributed by atoms with van der Waals surface area (Å²) in [7, 11) is 0. The highest BCUT2D eigenvalue weighted by molar-refractivity contribution is 6.20. The van der Waals surface area contributed by atoms with Crippen molar-refractivity contribution in [2.75, 3.05) is 9.80 Å². The minimum atomic E-state index is -0.340. The summed E-state index contributed by atoms with van der Waals surface area (Å²) >= 11 is 0. The summed E-state index contributed by atoms with van der Waals surface area (Å²) in [4.78, 5) is 4.85. The Balaban J connectivity index is 0.967. The molecule has 0 fully saturated rings. The first-order valence-electron chi connectivity index (χ1n) is 25.3. The van der Waals surface area contributed by atoms with Crippen molar-refractivity contribution in [3.8, 4) is 33.4 Å². The summed E-state index contributed by atoms with van der Waals surface area (Å²) in [5.41, 5.74) is 19.1. The molecule has 0 N–H and O–H groups in total. The second kappa shape index (κ2) is 16.7. The molecule has 0 atom stereocenters. The van der Waals surface area contributed by atoms with E-state index in [1.807, 2.05) is 6.07 Å². The van der Waals surface area contributed by atoms with Crippen LogP contribution in [-0.2, 0) is 5.41 Å². The van der Waals surface area contributed by atoms with Crippen LogP contribution in [0.15, 0.2) is 253 Å². The van der Waals surface area contributed by atoms with Gasteiger partial charge in [-0.25, -0.2) is 0 Å². The Morgan fingerprint density at radius 1 is 0.356 bits per heavy atom. The van der Waals surface area contributed by atoms with E-state index in [-0.39, 0.29) is 5.41 Å². The van der Waals surface area contributed by atoms with Crippen LogP contribution < -0.4 is 9.80 Å². The standard InChI is InChI=1S/C70H50N2O/c1-45-55-38-36-52(71(51-26-11-6-12-27-51)54-41-49(46-20-7-4-8-21-46)40-50(42-54)47-22-9-5-10-23-47)43-61(55)58-30-18-32-62-68(58)67(45)60-39-37-53(44-63(60)70(62,2)3)72(64-33-17-25-48-24-13-14-28-56(48)64)65-34-19-31-59-57-29-15-16-35-66(57)73-69(59)65/h4-44H,1-3H3. The number of para-hydroxylation sites is 3. The SMILES string of the molecule is Cc1c2c3c(cccc3c3cc(N(c4ccccc4)c4cc(-c5ccccc5)cc(-c5ccccc5)c4)ccc13)C(C)(C)c1cc(N(c3cccc4ccccc34)c3cccc4c3oc3ccccc34)ccc1-2. The van der Waals surface area contributed by atoms with Crippen LogP contribution in [0.3, 0.4) is 0 Å². The number of benzene rings is 12. The van der Waals surface area contributed by atoms with Crippen molar-refractivity contribution < 1.29 is 4.42 Å². The van der Waals surface area contributed by atoms with Gasteiger partial charge < -0.3 is 14.2 Å². The van der Waals surface area contributed by atoms with Gasteiger partial charge in [0.2, 0.25) is 0 Å². The minimum Gasteiger partial charge on any atom is -0.454 e. The minimum absolute atomic E-state index is 0.340. The van der Waals surface area contributed by atoms with Gasteiger partial charge >= 0.3 is 0 Å². The highest BCUT2D eigenvalue weighted by atomic mass is 16.3. The Morgan fingerprint density at radius 2 is 0.945 bits per heavy atom. The molecule has 14 rings (SSSR count). The van der Waals surface area contributed by atoms with E-state index in [4.69, 9.17) is 4.42 Å². The van der Waals surface area contributed by atoms with E-state index in [0.29, 0.717) is 0 Å². The summed E-state index contributed by atoms with van der Waals surface area (Å²) in [5, 5.41) is 9.69. The van der Waals surface area contributed by atoms with Gasteiger partial charge in [-0.2, -0.15) is 0 Å². The van der Waals surface area contributed by atoms with Crippen LogP contribution in [-0.4, -0.2) is 0 Å². The maximum atomic E-state index is 6.79. The Labute approximate surface area is 425 Å². The van der Waals surface area contributed by atoms with E-state index in [0.717, 1.165) is 56.1 Å². The van der Waals surface area contributed by atoms with E-state index in [1.165, 1.54) is 82.4 Å². The molecule has 0 aliphatic heterocycles. The van der Waals surface area contributed by atoms with Crippen LogP contribution in [0.25, 0.3) is 87.6 Å². The highest BCUT2D eigenvalue weighted by Crippen LogP contribution is 2.55. The molecule has 0 radical (unpaired) electrons. The lowest BCUT2D eigenvalue weighted by atomic mass is 9.67. The first-order chi connectivity index (χ1) is 35.9. The zero-order valence-electron chi connectivity index (χ0n) is 41.0. The summed E-state index contributed by atoms with van der Waals surface area (Å²) in [6, 6.07) is 90.8. The summed E-state index contributed by atoms with van der Waals surface area (Å²) in [5.74, 6) is 0. The molecular weight excluding hydrogens is 885 g/mol.